The van der Waals surface area contributed by atoms with Gasteiger partial charge in [-0.1, -0.05) is 6.58 Å². The van der Waals surface area contributed by atoms with Crippen LogP contribution in [0.15, 0.2) is 12.2 Å². The molecule has 0 saturated carbocycles. The Morgan fingerprint density at radius 2 is 1.91 bits per heavy atom. The molecule has 2 N–H and O–H groups in total. The van der Waals surface area contributed by atoms with Crippen LogP contribution in [-0.4, -0.2) is 27.5 Å². The van der Waals surface area contributed by atoms with Crippen molar-refractivity contribution in [3.63, 3.8) is 0 Å². The van der Waals surface area contributed by atoms with Crippen LogP contribution in [-0.2, 0) is 9.59 Å². The number of rotatable bonds is 4. The van der Waals surface area contributed by atoms with Crippen molar-refractivity contribution in [2.45, 2.75) is 11.8 Å². The molecule has 0 saturated heterocycles. The summed E-state index contributed by atoms with van der Waals surface area (Å²) in [4.78, 5) is 20.2. The highest BCUT2D eigenvalue weighted by atomic mass is 35.5. The Morgan fingerprint density at radius 1 is 1.45 bits per heavy atom. The molecule has 1 atom stereocenters. The first-order chi connectivity index (χ1) is 4.95. The van der Waals surface area contributed by atoms with Crippen molar-refractivity contribution >= 4 is 23.5 Å². The van der Waals surface area contributed by atoms with Gasteiger partial charge in [-0.05, 0) is 0 Å². The van der Waals surface area contributed by atoms with Gasteiger partial charge in [0.15, 0.2) is 0 Å². The van der Waals surface area contributed by atoms with Crippen molar-refractivity contribution in [3.05, 3.63) is 12.2 Å². The highest BCUT2D eigenvalue weighted by Gasteiger charge is 2.18. The summed E-state index contributed by atoms with van der Waals surface area (Å²) in [6.07, 6.45) is -0.424. The Hall–Kier alpha value is -1.03. The largest absolute Gasteiger partial charge is 0.481 e. The van der Waals surface area contributed by atoms with Gasteiger partial charge in [-0.15, -0.1) is 11.6 Å². The van der Waals surface area contributed by atoms with Crippen LogP contribution in [0.2, 0.25) is 0 Å². The Morgan fingerprint density at radius 3 is 2.18 bits per heavy atom. The lowest BCUT2D eigenvalue weighted by molar-refractivity contribution is -0.136. The number of alkyl halides is 1. The number of hydrogen-bond donors (Lipinski definition) is 2. The third-order valence-corrected chi connectivity index (χ3v) is 1.42. The van der Waals surface area contributed by atoms with E-state index in [1.54, 1.807) is 0 Å². The molecule has 11 heavy (non-hydrogen) atoms. The quantitative estimate of drug-likeness (QED) is 0.491. The maximum atomic E-state index is 10.1. The van der Waals surface area contributed by atoms with E-state index < -0.39 is 23.7 Å². The van der Waals surface area contributed by atoms with Gasteiger partial charge in [0, 0.05) is 5.57 Å². The summed E-state index contributed by atoms with van der Waals surface area (Å²) in [5, 5.41) is 15.4. The zero-order valence-corrected chi connectivity index (χ0v) is 6.34. The van der Waals surface area contributed by atoms with Crippen molar-refractivity contribution in [2.75, 3.05) is 0 Å². The summed E-state index contributed by atoms with van der Waals surface area (Å²) in [6.45, 7) is 3.11. The molecular formula is C6H7ClO4. The van der Waals surface area contributed by atoms with Crippen LogP contribution in [0.1, 0.15) is 6.42 Å². The average Bonchev–Trinajstić information content (AvgIpc) is 1.84. The molecule has 1 unspecified atom stereocenters. The van der Waals surface area contributed by atoms with Crippen LogP contribution in [0.25, 0.3) is 0 Å². The van der Waals surface area contributed by atoms with Crippen molar-refractivity contribution in [1.82, 2.24) is 0 Å². The minimum absolute atomic E-state index is 0.297. The molecule has 0 aromatic heterocycles. The molecule has 0 aliphatic carbocycles. The highest BCUT2D eigenvalue weighted by Crippen LogP contribution is 2.11. The monoisotopic (exact) mass is 178 g/mol. The summed E-state index contributed by atoms with van der Waals surface area (Å²) >= 11 is 5.36. The summed E-state index contributed by atoms with van der Waals surface area (Å²) in [5.74, 6) is -2.42. The number of carbonyl (C=O) groups is 2. The molecule has 0 aliphatic heterocycles. The topological polar surface area (TPSA) is 74.6 Å². The second-order valence-electron chi connectivity index (χ2n) is 1.90. The minimum Gasteiger partial charge on any atom is -0.481 e. The normalized spacial score (nSPS) is 12.1. The zero-order valence-electron chi connectivity index (χ0n) is 5.58. The second kappa shape index (κ2) is 3.98. The Bertz CT molecular complexity index is 199. The smallest absolute Gasteiger partial charge is 0.332 e. The molecule has 5 heteroatoms. The van der Waals surface area contributed by atoms with Crippen molar-refractivity contribution in [2.24, 2.45) is 0 Å². The molecule has 0 amide bonds. The maximum Gasteiger partial charge on any atom is 0.332 e. The highest BCUT2D eigenvalue weighted by molar-refractivity contribution is 6.25. The van der Waals surface area contributed by atoms with Gasteiger partial charge in [0.05, 0.1) is 11.8 Å². The lowest BCUT2D eigenvalue weighted by Gasteiger charge is -2.04. The van der Waals surface area contributed by atoms with E-state index in [-0.39, 0.29) is 5.57 Å². The SMILES string of the molecule is C=C(C(=O)O)C(Cl)CC(=O)O. The first-order valence-corrected chi connectivity index (χ1v) is 3.16. The fraction of sp³-hybridized carbons (Fsp3) is 0.333. The molecule has 0 aromatic rings. The van der Waals surface area contributed by atoms with E-state index in [9.17, 15) is 9.59 Å². The van der Waals surface area contributed by atoms with Crippen LogP contribution in [0.3, 0.4) is 0 Å². The predicted molar refractivity (Wildman–Crippen MR) is 38.7 cm³/mol. The van der Waals surface area contributed by atoms with Gasteiger partial charge in [0.2, 0.25) is 0 Å². The van der Waals surface area contributed by atoms with E-state index >= 15 is 0 Å². The van der Waals surface area contributed by atoms with E-state index in [1.165, 1.54) is 0 Å². The molecular weight excluding hydrogens is 172 g/mol. The summed E-state index contributed by atoms with van der Waals surface area (Å²) < 4.78 is 0. The maximum absolute atomic E-state index is 10.1. The van der Waals surface area contributed by atoms with E-state index in [0.29, 0.717) is 0 Å². The molecule has 0 aromatic carbocycles. The van der Waals surface area contributed by atoms with Crippen molar-refractivity contribution in [1.29, 1.82) is 0 Å². The molecule has 0 bridgehead atoms. The molecule has 0 spiro atoms. The van der Waals surface area contributed by atoms with Gasteiger partial charge in [-0.2, -0.15) is 0 Å². The van der Waals surface area contributed by atoms with Gasteiger partial charge >= 0.3 is 11.9 Å². The third kappa shape index (κ3) is 3.62. The zero-order chi connectivity index (χ0) is 9.02. The van der Waals surface area contributed by atoms with Crippen LogP contribution < -0.4 is 0 Å². The summed E-state index contributed by atoms with van der Waals surface area (Å²) in [7, 11) is 0. The van der Waals surface area contributed by atoms with E-state index in [4.69, 9.17) is 21.8 Å². The number of halogens is 1. The van der Waals surface area contributed by atoms with Crippen LogP contribution in [0.4, 0.5) is 0 Å². The molecule has 0 radical (unpaired) electrons. The minimum atomic E-state index is -1.27. The van der Waals surface area contributed by atoms with E-state index in [2.05, 4.69) is 6.58 Å². The lowest BCUT2D eigenvalue weighted by atomic mass is 10.1. The van der Waals surface area contributed by atoms with Gasteiger partial charge in [-0.3, -0.25) is 4.79 Å². The molecule has 0 rings (SSSR count). The lowest BCUT2D eigenvalue weighted by Crippen LogP contribution is -2.15. The molecule has 0 aliphatic rings. The van der Waals surface area contributed by atoms with Crippen molar-refractivity contribution < 1.29 is 19.8 Å². The fourth-order valence-electron chi connectivity index (χ4n) is 0.410. The van der Waals surface area contributed by atoms with Gasteiger partial charge in [0.25, 0.3) is 0 Å². The number of carboxylic acid groups (broad SMARTS) is 2. The Labute approximate surface area is 68.1 Å². The number of carboxylic acids is 2. The number of aliphatic carboxylic acids is 2. The van der Waals surface area contributed by atoms with Crippen LogP contribution in [0.5, 0.6) is 0 Å². The Balaban J connectivity index is 4.03. The van der Waals surface area contributed by atoms with E-state index in [0.717, 1.165) is 0 Å². The van der Waals surface area contributed by atoms with Gasteiger partial charge < -0.3 is 10.2 Å². The third-order valence-electron chi connectivity index (χ3n) is 1.01. The van der Waals surface area contributed by atoms with Crippen LogP contribution >= 0.6 is 11.6 Å². The van der Waals surface area contributed by atoms with Gasteiger partial charge in [0.1, 0.15) is 0 Å². The summed E-state index contributed by atoms with van der Waals surface area (Å²) in [6, 6.07) is 0. The second-order valence-corrected chi connectivity index (χ2v) is 2.42. The van der Waals surface area contributed by atoms with Crippen LogP contribution in [0, 0.1) is 0 Å². The molecule has 0 heterocycles. The predicted octanol–water partition coefficient (Wildman–Crippen LogP) is 0.709. The molecule has 4 nitrogen and oxygen atoms in total. The van der Waals surface area contributed by atoms with Gasteiger partial charge in [-0.25, -0.2) is 4.79 Å². The average molecular weight is 179 g/mol. The molecule has 62 valence electrons. The van der Waals surface area contributed by atoms with E-state index in [1.807, 2.05) is 0 Å². The molecule has 0 fully saturated rings. The Kier molecular flexibility index (Phi) is 3.60. The first kappa shape index (κ1) is 9.97. The standard InChI is InChI=1S/C6H7ClO4/c1-3(6(10)11)4(7)2-5(8)9/h4H,1-2H2,(H,8,9)(H,10,11). The van der Waals surface area contributed by atoms with Crippen molar-refractivity contribution in [3.8, 4) is 0 Å². The first-order valence-electron chi connectivity index (χ1n) is 2.73. The summed E-state index contributed by atoms with van der Waals surface area (Å²) in [5.41, 5.74) is -0.297. The number of hydrogen-bond acceptors (Lipinski definition) is 2. The fourth-order valence-corrected chi connectivity index (χ4v) is 0.636.